The third-order valence-corrected chi connectivity index (χ3v) is 10.5. The molecule has 0 saturated carbocycles. The van der Waals surface area contributed by atoms with Crippen LogP contribution in [0.2, 0.25) is 0 Å². The first-order valence-corrected chi connectivity index (χ1v) is 19.6. The van der Waals surface area contributed by atoms with E-state index >= 15 is 0 Å². The lowest BCUT2D eigenvalue weighted by Gasteiger charge is -2.12. The van der Waals surface area contributed by atoms with Gasteiger partial charge in [0.05, 0.1) is 15.5 Å². The zero-order valence-corrected chi connectivity index (χ0v) is 31.5. The quantitative estimate of drug-likeness (QED) is 0.0552. The summed E-state index contributed by atoms with van der Waals surface area (Å²) in [7, 11) is 0. The number of nitrogens with zero attached hydrogens (tertiary/aromatic N) is 2. The number of rotatable bonds is 17. The van der Waals surface area contributed by atoms with Gasteiger partial charge < -0.3 is 9.47 Å². The number of carbonyl (C=O) groups is 5. The normalized spacial score (nSPS) is 14.0. The summed E-state index contributed by atoms with van der Waals surface area (Å²) in [5, 5.41) is 4.42. The molecule has 1 fully saturated rings. The van der Waals surface area contributed by atoms with Crippen LogP contribution in [0.25, 0.3) is 0 Å². The van der Waals surface area contributed by atoms with Crippen molar-refractivity contribution in [3.63, 3.8) is 0 Å². The highest BCUT2D eigenvalue weighted by Gasteiger charge is 2.31. The number of ether oxygens (including phenoxy) is 2. The number of pyridine rings is 2. The van der Waals surface area contributed by atoms with E-state index in [0.717, 1.165) is 52.1 Å². The highest BCUT2D eigenvalue weighted by Crippen LogP contribution is 2.24. The largest absolute Gasteiger partial charge is 0.485 e. The number of nitrogens with one attached hydrogen (secondary N) is 2. The Labute approximate surface area is 315 Å². The van der Waals surface area contributed by atoms with Crippen molar-refractivity contribution in [2.75, 3.05) is 18.8 Å². The number of amides is 4. The van der Waals surface area contributed by atoms with Crippen LogP contribution in [0.15, 0.2) is 90.2 Å². The van der Waals surface area contributed by atoms with E-state index in [2.05, 4.69) is 33.6 Å². The molecule has 2 aromatic carbocycles. The Morgan fingerprint density at radius 3 is 2.02 bits per heavy atom. The Bertz CT molecular complexity index is 1790. The van der Waals surface area contributed by atoms with Gasteiger partial charge in [-0.05, 0) is 90.6 Å². The number of benzene rings is 2. The van der Waals surface area contributed by atoms with Crippen molar-refractivity contribution in [1.82, 2.24) is 20.6 Å². The Morgan fingerprint density at radius 2 is 1.48 bits per heavy atom. The summed E-state index contributed by atoms with van der Waals surface area (Å²) in [4.78, 5) is 65.6. The van der Waals surface area contributed by atoms with E-state index in [4.69, 9.17) is 9.47 Å². The summed E-state index contributed by atoms with van der Waals surface area (Å²) in [6.07, 6.45) is 8.74. The molecule has 4 amide bonds. The monoisotopic (exact) mass is 760 g/mol. The second kappa shape index (κ2) is 21.0. The van der Waals surface area contributed by atoms with Crippen LogP contribution in [0.5, 0.6) is 11.5 Å². The molecule has 0 radical (unpaired) electrons. The van der Waals surface area contributed by atoms with Gasteiger partial charge in [-0.1, -0.05) is 73.8 Å². The Morgan fingerprint density at radius 1 is 0.865 bits per heavy atom. The van der Waals surface area contributed by atoms with Crippen molar-refractivity contribution in [1.29, 1.82) is 0 Å². The molecule has 5 rings (SSSR count). The molecular weight excluding hydrogens is 721 g/mol. The minimum atomic E-state index is -0.395. The van der Waals surface area contributed by atoms with Crippen LogP contribution in [0.4, 0.5) is 4.79 Å². The Balaban J connectivity index is 0.000000233. The van der Waals surface area contributed by atoms with E-state index in [1.807, 2.05) is 67.9 Å². The van der Waals surface area contributed by atoms with E-state index in [1.165, 1.54) is 29.1 Å². The van der Waals surface area contributed by atoms with E-state index in [1.54, 1.807) is 24.4 Å². The standard InChI is InChI=1S/C19H18N2O4S.C19H22N2O3S2/c1-2-12-5-8-15(20-10-12)16(22)11-25-14-6-3-13(4-7-14)9-17-18(23)21-19(24)26-17;1-3-14-6-9-18(20-11-14)26-13-24-16-7-4-15(5-8-16)10-17(25-2)19(23)21-12-22/h3-8,10,17H,2,9,11H2,1H3,(H,21,23,24);4-9,11-12,17H,3,10,13H2,1-2H3,(H,21,22,23). The van der Waals surface area contributed by atoms with Crippen molar-refractivity contribution in [2.45, 2.75) is 55.1 Å². The maximum Gasteiger partial charge on any atom is 0.286 e. The van der Waals surface area contributed by atoms with Crippen molar-refractivity contribution in [3.05, 3.63) is 113 Å². The number of carbonyl (C=O) groups excluding carboxylic acids is 5. The lowest BCUT2D eigenvalue weighted by atomic mass is 10.1. The fourth-order valence-corrected chi connectivity index (χ4v) is 6.83. The Hall–Kier alpha value is -4.66. The fourth-order valence-electron chi connectivity index (χ4n) is 4.72. The van der Waals surface area contributed by atoms with E-state index in [0.29, 0.717) is 36.6 Å². The molecule has 0 aliphatic carbocycles. The SMILES string of the molecule is CCc1ccc(C(=O)COc2ccc(CC3SC(=O)NC3=O)cc2)nc1.CCc1ccc(SCOc2ccc(CC(SC)C(=O)NC=O)cc2)nc1. The minimum Gasteiger partial charge on any atom is -0.485 e. The molecule has 3 heterocycles. The van der Waals surface area contributed by atoms with Gasteiger partial charge in [-0.3, -0.25) is 39.6 Å². The molecule has 272 valence electrons. The van der Waals surface area contributed by atoms with Crippen molar-refractivity contribution >= 4 is 64.5 Å². The third-order valence-electron chi connectivity index (χ3n) is 7.76. The average Bonchev–Trinajstić information content (AvgIpc) is 3.49. The second-order valence-electron chi connectivity index (χ2n) is 11.3. The number of imide groups is 2. The highest BCUT2D eigenvalue weighted by molar-refractivity contribution is 8.15. The summed E-state index contributed by atoms with van der Waals surface area (Å²) in [6.45, 7) is 4.04. The van der Waals surface area contributed by atoms with Gasteiger partial charge in [0, 0.05) is 12.4 Å². The zero-order valence-electron chi connectivity index (χ0n) is 29.0. The maximum absolute atomic E-state index is 12.1. The fraction of sp³-hybridized carbons (Fsp3) is 0.289. The molecular formula is C38H40N4O7S3. The molecule has 11 nitrogen and oxygen atoms in total. The molecule has 0 spiro atoms. The molecule has 4 aromatic rings. The summed E-state index contributed by atoms with van der Waals surface area (Å²) in [5.41, 5.74) is 4.61. The van der Waals surface area contributed by atoms with E-state index in [9.17, 15) is 24.0 Å². The van der Waals surface area contributed by atoms with E-state index < -0.39 is 5.25 Å². The van der Waals surface area contributed by atoms with Crippen LogP contribution >= 0.6 is 35.3 Å². The van der Waals surface area contributed by atoms with Gasteiger partial charge in [-0.15, -0.1) is 0 Å². The van der Waals surface area contributed by atoms with Crippen molar-refractivity contribution < 1.29 is 33.4 Å². The lowest BCUT2D eigenvalue weighted by Crippen LogP contribution is -2.32. The van der Waals surface area contributed by atoms with Crippen molar-refractivity contribution in [2.24, 2.45) is 0 Å². The molecule has 2 unspecified atom stereocenters. The van der Waals surface area contributed by atoms with Crippen LogP contribution in [-0.4, -0.2) is 68.5 Å². The molecule has 2 N–H and O–H groups in total. The molecule has 2 aromatic heterocycles. The molecule has 2 atom stereocenters. The smallest absolute Gasteiger partial charge is 0.286 e. The van der Waals surface area contributed by atoms with Crippen LogP contribution in [0.1, 0.15) is 46.6 Å². The van der Waals surface area contributed by atoms with Crippen LogP contribution in [0.3, 0.4) is 0 Å². The average molecular weight is 761 g/mol. The molecule has 0 bridgehead atoms. The molecule has 52 heavy (non-hydrogen) atoms. The van der Waals surface area contributed by atoms with Gasteiger partial charge in [0.15, 0.2) is 6.61 Å². The summed E-state index contributed by atoms with van der Waals surface area (Å²) < 4.78 is 11.2. The minimum absolute atomic E-state index is 0.0901. The summed E-state index contributed by atoms with van der Waals surface area (Å²) >= 11 is 3.96. The number of Topliss-reactive ketones (excluding diaryl/α,β-unsaturated/α-hetero) is 1. The Kier molecular flexibility index (Phi) is 16.2. The van der Waals surface area contributed by atoms with Gasteiger partial charge in [-0.25, -0.2) is 4.98 Å². The van der Waals surface area contributed by atoms with Gasteiger partial charge in [-0.2, -0.15) is 11.8 Å². The predicted octanol–water partition coefficient (Wildman–Crippen LogP) is 6.12. The second-order valence-corrected chi connectivity index (χ2v) is 14.5. The topological polar surface area (TPSA) is 154 Å². The number of aryl methyl sites for hydroxylation is 2. The lowest BCUT2D eigenvalue weighted by molar-refractivity contribution is -0.125. The number of hydrogen-bond donors (Lipinski definition) is 2. The number of thioether (sulfide) groups is 3. The summed E-state index contributed by atoms with van der Waals surface area (Å²) in [5.74, 6) is 1.09. The first-order chi connectivity index (χ1) is 25.2. The van der Waals surface area contributed by atoms with Crippen molar-refractivity contribution in [3.8, 4) is 11.5 Å². The number of ketones is 1. The third kappa shape index (κ3) is 12.8. The van der Waals surface area contributed by atoms with Gasteiger partial charge in [0.25, 0.3) is 5.24 Å². The maximum atomic E-state index is 12.1. The zero-order chi connectivity index (χ0) is 37.3. The summed E-state index contributed by atoms with van der Waals surface area (Å²) in [6, 6.07) is 22.5. The number of hydrogen-bond acceptors (Lipinski definition) is 12. The molecule has 14 heteroatoms. The molecule has 1 saturated heterocycles. The van der Waals surface area contributed by atoms with Crippen LogP contribution < -0.4 is 20.1 Å². The highest BCUT2D eigenvalue weighted by atomic mass is 32.2. The number of aromatic nitrogens is 2. The first-order valence-electron chi connectivity index (χ1n) is 16.5. The predicted molar refractivity (Wildman–Crippen MR) is 205 cm³/mol. The van der Waals surface area contributed by atoms with Gasteiger partial charge in [0.1, 0.15) is 23.1 Å². The first kappa shape index (κ1) is 40.1. The molecule has 1 aliphatic heterocycles. The van der Waals surface area contributed by atoms with Crippen LogP contribution in [-0.2, 0) is 40.1 Å². The van der Waals surface area contributed by atoms with Crippen LogP contribution in [0, 0.1) is 0 Å². The molecule has 1 aliphatic rings. The van der Waals surface area contributed by atoms with E-state index in [-0.39, 0.29) is 34.7 Å². The van der Waals surface area contributed by atoms with Gasteiger partial charge in [0.2, 0.25) is 24.0 Å². The van der Waals surface area contributed by atoms with Gasteiger partial charge >= 0.3 is 0 Å².